The molecule has 0 aliphatic carbocycles. The van der Waals surface area contributed by atoms with Crippen LogP contribution in [0.15, 0.2) is 45.9 Å². The summed E-state index contributed by atoms with van der Waals surface area (Å²) in [5, 5.41) is 8.45. The number of aromatic nitrogens is 3. The van der Waals surface area contributed by atoms with E-state index in [4.69, 9.17) is 18.7 Å². The predicted molar refractivity (Wildman–Crippen MR) is 119 cm³/mol. The van der Waals surface area contributed by atoms with Gasteiger partial charge < -0.3 is 23.5 Å². The highest BCUT2D eigenvalue weighted by molar-refractivity contribution is 8.00. The van der Waals surface area contributed by atoms with Crippen LogP contribution in [0.3, 0.4) is 0 Å². The molecule has 5 rings (SSSR count). The Kier molecular flexibility index (Phi) is 5.68. The number of rotatable bonds is 7. The molecule has 0 saturated heterocycles. The third-order valence-electron chi connectivity index (χ3n) is 5.41. The van der Waals surface area contributed by atoms with Gasteiger partial charge in [-0.15, -0.1) is 0 Å². The molecular weight excluding hydrogens is 473 g/mol. The number of fused-ring (bicyclic) bond motifs is 3. The van der Waals surface area contributed by atoms with Gasteiger partial charge in [0.05, 0.1) is 27.4 Å². The smallest absolute Gasteiger partial charge is 0.435 e. The van der Waals surface area contributed by atoms with Gasteiger partial charge in [0.2, 0.25) is 0 Å². The summed E-state index contributed by atoms with van der Waals surface area (Å²) in [7, 11) is 3.15. The number of alkyl halides is 3. The summed E-state index contributed by atoms with van der Waals surface area (Å²) in [6.45, 7) is 0.598. The molecule has 0 bridgehead atoms. The largest absolute Gasteiger partial charge is 0.495 e. The SMILES string of the molecule is COc1cccc(OC)c1SNc1noc2cc(Cn3ccc(C(F)(F)F)n3)c3c(c12)OCC3. The van der Waals surface area contributed by atoms with Crippen LogP contribution in [-0.2, 0) is 19.1 Å². The molecule has 0 unspecified atom stereocenters. The minimum Gasteiger partial charge on any atom is -0.495 e. The maximum atomic E-state index is 12.9. The molecule has 0 amide bonds. The Hall–Kier alpha value is -3.54. The summed E-state index contributed by atoms with van der Waals surface area (Å²) in [6.07, 6.45) is -2.57. The molecule has 0 saturated carbocycles. The fourth-order valence-electron chi connectivity index (χ4n) is 3.85. The second kappa shape index (κ2) is 8.67. The molecule has 1 N–H and O–H groups in total. The van der Waals surface area contributed by atoms with Gasteiger partial charge in [-0.05, 0) is 41.8 Å². The zero-order valence-corrected chi connectivity index (χ0v) is 18.9. The average Bonchev–Trinajstić information content (AvgIpc) is 3.56. The zero-order valence-electron chi connectivity index (χ0n) is 18.1. The van der Waals surface area contributed by atoms with Gasteiger partial charge in [-0.1, -0.05) is 11.2 Å². The quantitative estimate of drug-likeness (QED) is 0.354. The molecule has 0 radical (unpaired) electrons. The summed E-state index contributed by atoms with van der Waals surface area (Å²) in [5.41, 5.74) is 1.17. The van der Waals surface area contributed by atoms with E-state index in [1.807, 2.05) is 18.2 Å². The van der Waals surface area contributed by atoms with Crippen LogP contribution in [0.4, 0.5) is 19.0 Å². The summed E-state index contributed by atoms with van der Waals surface area (Å²) >= 11 is 1.25. The Morgan fingerprint density at radius 3 is 2.62 bits per heavy atom. The number of halogens is 3. The fourth-order valence-corrected chi connectivity index (χ4v) is 4.70. The lowest BCUT2D eigenvalue weighted by Crippen LogP contribution is -2.09. The minimum atomic E-state index is -4.49. The number of benzene rings is 2. The van der Waals surface area contributed by atoms with Crippen molar-refractivity contribution < 1.29 is 31.9 Å². The van der Waals surface area contributed by atoms with E-state index in [1.54, 1.807) is 20.3 Å². The Labute approximate surface area is 196 Å². The number of nitrogens with zero attached hydrogens (tertiary/aromatic N) is 3. The van der Waals surface area contributed by atoms with E-state index in [1.165, 1.54) is 22.8 Å². The van der Waals surface area contributed by atoms with E-state index in [0.29, 0.717) is 47.1 Å². The second-order valence-electron chi connectivity index (χ2n) is 7.44. The summed E-state index contributed by atoms with van der Waals surface area (Å²) in [6, 6.07) is 8.19. The zero-order chi connectivity index (χ0) is 23.9. The van der Waals surface area contributed by atoms with E-state index in [-0.39, 0.29) is 6.54 Å². The second-order valence-corrected chi connectivity index (χ2v) is 8.25. The molecular formula is C22H19F3N4O4S. The average molecular weight is 492 g/mol. The molecule has 1 aliphatic rings. The highest BCUT2D eigenvalue weighted by atomic mass is 32.2. The van der Waals surface area contributed by atoms with Crippen molar-refractivity contribution in [2.75, 3.05) is 25.5 Å². The molecule has 3 heterocycles. The van der Waals surface area contributed by atoms with Crippen molar-refractivity contribution in [2.24, 2.45) is 0 Å². The monoisotopic (exact) mass is 492 g/mol. The Morgan fingerprint density at radius 2 is 1.94 bits per heavy atom. The Bertz CT molecular complexity index is 1330. The molecule has 2 aromatic carbocycles. The fraction of sp³-hybridized carbons (Fsp3) is 0.273. The molecule has 1 aliphatic heterocycles. The van der Waals surface area contributed by atoms with E-state index in [9.17, 15) is 13.2 Å². The number of ether oxygens (including phenoxy) is 3. The highest BCUT2D eigenvalue weighted by Gasteiger charge is 2.34. The number of hydrogen-bond donors (Lipinski definition) is 1. The van der Waals surface area contributed by atoms with Crippen molar-refractivity contribution in [1.29, 1.82) is 0 Å². The van der Waals surface area contributed by atoms with Crippen LogP contribution in [0.25, 0.3) is 11.0 Å². The first-order chi connectivity index (χ1) is 16.4. The van der Waals surface area contributed by atoms with Crippen LogP contribution < -0.4 is 18.9 Å². The van der Waals surface area contributed by atoms with Crippen molar-refractivity contribution in [1.82, 2.24) is 14.9 Å². The van der Waals surface area contributed by atoms with Gasteiger partial charge in [0.15, 0.2) is 17.1 Å². The maximum absolute atomic E-state index is 12.9. The standard InChI is InChI=1S/C22H19F3N4O4S/c1-30-14-4-3-5-15(31-2)20(14)34-28-21-18-16(33-27-21)10-12(13-7-9-32-19(13)18)11-29-8-6-17(26-29)22(23,24)25/h3-6,8,10H,7,9,11H2,1-2H3,(H,27,28). The topological polar surface area (TPSA) is 83.6 Å². The van der Waals surface area contributed by atoms with Gasteiger partial charge in [-0.3, -0.25) is 4.68 Å². The molecule has 12 heteroatoms. The van der Waals surface area contributed by atoms with E-state index < -0.39 is 11.9 Å². The van der Waals surface area contributed by atoms with Crippen molar-refractivity contribution >= 4 is 28.7 Å². The van der Waals surface area contributed by atoms with E-state index in [2.05, 4.69) is 15.0 Å². The molecule has 178 valence electrons. The summed E-state index contributed by atoms with van der Waals surface area (Å²) < 4.78 is 65.5. The van der Waals surface area contributed by atoms with Crippen LogP contribution in [0.1, 0.15) is 16.8 Å². The van der Waals surface area contributed by atoms with Crippen molar-refractivity contribution in [2.45, 2.75) is 24.0 Å². The third-order valence-corrected chi connectivity index (χ3v) is 6.31. The first-order valence-corrected chi connectivity index (χ1v) is 11.0. The maximum Gasteiger partial charge on any atom is 0.435 e. The van der Waals surface area contributed by atoms with Gasteiger partial charge in [-0.25, -0.2) is 0 Å². The van der Waals surface area contributed by atoms with Crippen LogP contribution in [-0.4, -0.2) is 35.8 Å². The van der Waals surface area contributed by atoms with Gasteiger partial charge in [0.25, 0.3) is 0 Å². The van der Waals surface area contributed by atoms with Gasteiger partial charge in [-0.2, -0.15) is 18.3 Å². The van der Waals surface area contributed by atoms with Crippen LogP contribution in [0.2, 0.25) is 0 Å². The first kappa shape index (κ1) is 22.3. The Morgan fingerprint density at radius 1 is 1.18 bits per heavy atom. The lowest BCUT2D eigenvalue weighted by atomic mass is 10.0. The van der Waals surface area contributed by atoms with Gasteiger partial charge >= 0.3 is 6.18 Å². The Balaban J connectivity index is 1.46. The van der Waals surface area contributed by atoms with E-state index >= 15 is 0 Å². The molecule has 8 nitrogen and oxygen atoms in total. The molecule has 4 aromatic rings. The highest BCUT2D eigenvalue weighted by Crippen LogP contribution is 2.44. The predicted octanol–water partition coefficient (Wildman–Crippen LogP) is 5.16. The lowest BCUT2D eigenvalue weighted by Gasteiger charge is -2.13. The van der Waals surface area contributed by atoms with Crippen LogP contribution >= 0.6 is 11.9 Å². The number of nitrogens with one attached hydrogen (secondary N) is 1. The molecule has 2 aromatic heterocycles. The minimum absolute atomic E-state index is 0.147. The molecule has 34 heavy (non-hydrogen) atoms. The van der Waals surface area contributed by atoms with Crippen LogP contribution in [0, 0.1) is 0 Å². The third kappa shape index (κ3) is 3.98. The van der Waals surface area contributed by atoms with Crippen molar-refractivity contribution in [3.63, 3.8) is 0 Å². The normalized spacial score (nSPS) is 13.1. The lowest BCUT2D eigenvalue weighted by molar-refractivity contribution is -0.141. The first-order valence-electron chi connectivity index (χ1n) is 10.2. The van der Waals surface area contributed by atoms with Gasteiger partial charge in [0.1, 0.15) is 27.5 Å². The van der Waals surface area contributed by atoms with Crippen molar-refractivity contribution in [3.8, 4) is 17.2 Å². The van der Waals surface area contributed by atoms with Gasteiger partial charge in [0, 0.05) is 18.2 Å². The summed E-state index contributed by atoms with van der Waals surface area (Å²) in [5.74, 6) is 2.32. The number of hydrogen-bond acceptors (Lipinski definition) is 8. The molecule has 0 atom stereocenters. The van der Waals surface area contributed by atoms with Crippen molar-refractivity contribution in [3.05, 3.63) is 53.3 Å². The summed E-state index contributed by atoms with van der Waals surface area (Å²) in [4.78, 5) is 0.733. The molecule has 0 spiro atoms. The van der Waals surface area contributed by atoms with Crippen LogP contribution in [0.5, 0.6) is 17.2 Å². The number of methoxy groups -OCH3 is 2. The number of anilines is 1. The van der Waals surface area contributed by atoms with E-state index in [0.717, 1.165) is 22.1 Å². The molecule has 0 fully saturated rings.